The molecule has 0 spiro atoms. The summed E-state index contributed by atoms with van der Waals surface area (Å²) in [5.74, 6) is 0.795. The number of ether oxygens (including phenoxy) is 1. The molecule has 1 aliphatic carbocycles. The number of nitrogens with one attached hydrogen (secondary N) is 2. The minimum Gasteiger partial charge on any atom is -0.496 e. The average Bonchev–Trinajstić information content (AvgIpc) is 3.12. The fourth-order valence-electron chi connectivity index (χ4n) is 4.76. The Morgan fingerprint density at radius 3 is 2.69 bits per heavy atom. The van der Waals surface area contributed by atoms with Crippen molar-refractivity contribution in [2.24, 2.45) is 0 Å². The van der Waals surface area contributed by atoms with Crippen molar-refractivity contribution in [2.75, 3.05) is 25.9 Å². The second-order valence-electron chi connectivity index (χ2n) is 8.42. The van der Waals surface area contributed by atoms with Gasteiger partial charge in [0.05, 0.1) is 12.7 Å². The number of fused-ring (bicyclic) bond motifs is 4. The first kappa shape index (κ1) is 18.0. The highest BCUT2D eigenvalue weighted by Crippen LogP contribution is 2.46. The number of ketones is 1. The molecule has 2 heterocycles. The fourth-order valence-corrected chi connectivity index (χ4v) is 4.76. The van der Waals surface area contributed by atoms with Gasteiger partial charge in [0.1, 0.15) is 5.75 Å². The van der Waals surface area contributed by atoms with Crippen LogP contribution in [0.3, 0.4) is 0 Å². The molecule has 1 aromatic heterocycles. The lowest BCUT2D eigenvalue weighted by Crippen LogP contribution is -2.30. The van der Waals surface area contributed by atoms with Crippen molar-refractivity contribution in [3.63, 3.8) is 0 Å². The Hall–Kier alpha value is -3.05. The first-order valence-electron chi connectivity index (χ1n) is 10.0. The molecule has 2 aromatic carbocycles. The number of methoxy groups -OCH3 is 1. The van der Waals surface area contributed by atoms with Crippen LogP contribution in [0.1, 0.15) is 53.0 Å². The third-order valence-corrected chi connectivity index (χ3v) is 6.34. The van der Waals surface area contributed by atoms with Crippen LogP contribution < -0.4 is 15.8 Å². The predicted octanol–water partition coefficient (Wildman–Crippen LogP) is 4.01. The van der Waals surface area contributed by atoms with E-state index in [0.29, 0.717) is 5.69 Å². The van der Waals surface area contributed by atoms with E-state index >= 15 is 0 Å². The topological polar surface area (TPSA) is 80.1 Å². The smallest absolute Gasteiger partial charge is 0.195 e. The summed E-state index contributed by atoms with van der Waals surface area (Å²) >= 11 is 0. The number of benzene rings is 2. The number of carbonyl (C=O) groups excluding carboxylic acids is 1. The summed E-state index contributed by atoms with van der Waals surface area (Å²) in [6, 6.07) is 9.76. The van der Waals surface area contributed by atoms with E-state index in [0.717, 1.165) is 64.1 Å². The molecule has 0 saturated heterocycles. The van der Waals surface area contributed by atoms with E-state index in [1.54, 1.807) is 7.11 Å². The van der Waals surface area contributed by atoms with Gasteiger partial charge in [-0.25, -0.2) is 0 Å². The second-order valence-corrected chi connectivity index (χ2v) is 8.42. The summed E-state index contributed by atoms with van der Waals surface area (Å²) in [5, 5.41) is 4.27. The van der Waals surface area contributed by atoms with E-state index in [1.807, 2.05) is 24.3 Å². The SMILES string of the molecule is COc1cc2c(cc1C1=CCNCC1)C(C)(C)c1[nH]c3cc(N)ccc3c1C2=O. The molecule has 0 atom stereocenters. The zero-order valence-corrected chi connectivity index (χ0v) is 17.0. The highest BCUT2D eigenvalue weighted by Gasteiger charge is 2.40. The molecule has 0 saturated carbocycles. The van der Waals surface area contributed by atoms with E-state index < -0.39 is 0 Å². The van der Waals surface area contributed by atoms with E-state index in [-0.39, 0.29) is 11.2 Å². The molecule has 2 aliphatic rings. The van der Waals surface area contributed by atoms with Gasteiger partial charge >= 0.3 is 0 Å². The predicted molar refractivity (Wildman–Crippen MR) is 117 cm³/mol. The van der Waals surface area contributed by atoms with Gasteiger partial charge in [-0.3, -0.25) is 4.79 Å². The van der Waals surface area contributed by atoms with Gasteiger partial charge in [0.15, 0.2) is 5.78 Å². The van der Waals surface area contributed by atoms with Crippen LogP contribution >= 0.6 is 0 Å². The molecular weight excluding hydrogens is 362 g/mol. The van der Waals surface area contributed by atoms with Crippen LogP contribution in [-0.2, 0) is 5.41 Å². The average molecular weight is 387 g/mol. The Bertz CT molecular complexity index is 1200. The Kier molecular flexibility index (Phi) is 3.87. The van der Waals surface area contributed by atoms with Crippen LogP contribution in [-0.4, -0.2) is 31.0 Å². The van der Waals surface area contributed by atoms with Gasteiger partial charge < -0.3 is 20.8 Å². The number of hydrogen-bond acceptors (Lipinski definition) is 4. The van der Waals surface area contributed by atoms with Crippen molar-refractivity contribution >= 4 is 27.9 Å². The number of H-pyrrole nitrogens is 1. The Balaban J connectivity index is 1.77. The number of carbonyl (C=O) groups is 1. The summed E-state index contributed by atoms with van der Waals surface area (Å²) in [5.41, 5.74) is 13.0. The lowest BCUT2D eigenvalue weighted by Gasteiger charge is -2.33. The molecular formula is C24H25N3O2. The Labute approximate surface area is 169 Å². The summed E-state index contributed by atoms with van der Waals surface area (Å²) < 4.78 is 5.72. The number of aromatic nitrogens is 1. The fraction of sp³-hybridized carbons (Fsp3) is 0.292. The highest BCUT2D eigenvalue weighted by molar-refractivity contribution is 6.20. The van der Waals surface area contributed by atoms with Crippen LogP contribution in [0.4, 0.5) is 5.69 Å². The largest absolute Gasteiger partial charge is 0.496 e. The van der Waals surface area contributed by atoms with E-state index in [2.05, 4.69) is 36.3 Å². The van der Waals surface area contributed by atoms with E-state index in [1.165, 1.54) is 5.57 Å². The number of nitrogen functional groups attached to an aromatic ring is 1. The van der Waals surface area contributed by atoms with Gasteiger partial charge in [-0.05, 0) is 48.4 Å². The van der Waals surface area contributed by atoms with Crippen molar-refractivity contribution in [1.82, 2.24) is 10.3 Å². The summed E-state index contributed by atoms with van der Waals surface area (Å²) in [6.45, 7) is 6.14. The Morgan fingerprint density at radius 2 is 1.97 bits per heavy atom. The number of aromatic amines is 1. The molecule has 3 aromatic rings. The third kappa shape index (κ3) is 2.54. The van der Waals surface area contributed by atoms with E-state index in [9.17, 15) is 4.79 Å². The van der Waals surface area contributed by atoms with Gasteiger partial charge in [0.2, 0.25) is 0 Å². The standard InChI is InChI=1S/C24H25N3O2/c1-24(2)18-11-16(13-6-8-26-9-7-13)20(29-3)12-17(18)22(28)21-15-5-4-14(25)10-19(15)27-23(21)24/h4-6,10-12,26-27H,7-9,25H2,1-3H3. The van der Waals surface area contributed by atoms with Crippen LogP contribution in [0.15, 0.2) is 36.4 Å². The molecule has 148 valence electrons. The molecule has 29 heavy (non-hydrogen) atoms. The highest BCUT2D eigenvalue weighted by atomic mass is 16.5. The molecule has 5 heteroatoms. The quantitative estimate of drug-likeness (QED) is 0.581. The van der Waals surface area contributed by atoms with Gasteiger partial charge in [-0.15, -0.1) is 0 Å². The molecule has 0 unspecified atom stereocenters. The van der Waals surface area contributed by atoms with Crippen LogP contribution in [0, 0.1) is 0 Å². The molecule has 4 N–H and O–H groups in total. The number of hydrogen-bond donors (Lipinski definition) is 3. The monoisotopic (exact) mass is 387 g/mol. The minimum absolute atomic E-state index is 0.0366. The lowest BCUT2D eigenvalue weighted by atomic mass is 9.70. The first-order chi connectivity index (χ1) is 13.9. The summed E-state index contributed by atoms with van der Waals surface area (Å²) in [6.07, 6.45) is 3.16. The second kappa shape index (κ2) is 6.22. The van der Waals surface area contributed by atoms with E-state index in [4.69, 9.17) is 10.5 Å². The zero-order chi connectivity index (χ0) is 20.3. The number of anilines is 1. The maximum Gasteiger partial charge on any atom is 0.195 e. The Morgan fingerprint density at radius 1 is 1.14 bits per heavy atom. The van der Waals surface area contributed by atoms with Crippen molar-refractivity contribution in [3.8, 4) is 5.75 Å². The molecule has 0 bridgehead atoms. The molecule has 5 nitrogen and oxygen atoms in total. The molecule has 0 amide bonds. The first-order valence-corrected chi connectivity index (χ1v) is 10.0. The van der Waals surface area contributed by atoms with Crippen LogP contribution in [0.2, 0.25) is 0 Å². The lowest BCUT2D eigenvalue weighted by molar-refractivity contribution is 0.103. The maximum absolute atomic E-state index is 13.6. The number of rotatable bonds is 2. The van der Waals surface area contributed by atoms with Crippen molar-refractivity contribution in [1.29, 1.82) is 0 Å². The van der Waals surface area contributed by atoms with Gasteiger partial charge in [0.25, 0.3) is 0 Å². The molecule has 5 rings (SSSR count). The van der Waals surface area contributed by atoms with Gasteiger partial charge in [-0.1, -0.05) is 26.0 Å². The minimum atomic E-state index is -0.346. The normalized spacial score (nSPS) is 17.6. The van der Waals surface area contributed by atoms with Gasteiger partial charge in [-0.2, -0.15) is 0 Å². The summed E-state index contributed by atoms with van der Waals surface area (Å²) in [4.78, 5) is 17.1. The molecule has 1 aliphatic heterocycles. The van der Waals surface area contributed by atoms with Crippen molar-refractivity contribution < 1.29 is 9.53 Å². The summed E-state index contributed by atoms with van der Waals surface area (Å²) in [7, 11) is 1.67. The number of nitrogens with two attached hydrogens (primary N) is 1. The molecule has 0 radical (unpaired) electrons. The van der Waals surface area contributed by atoms with Crippen molar-refractivity contribution in [2.45, 2.75) is 25.7 Å². The van der Waals surface area contributed by atoms with Crippen LogP contribution in [0.25, 0.3) is 16.5 Å². The van der Waals surface area contributed by atoms with Crippen LogP contribution in [0.5, 0.6) is 5.75 Å². The van der Waals surface area contributed by atoms with Crippen molar-refractivity contribution in [3.05, 3.63) is 64.4 Å². The maximum atomic E-state index is 13.6. The molecule has 0 fully saturated rings. The zero-order valence-electron chi connectivity index (χ0n) is 17.0. The third-order valence-electron chi connectivity index (χ3n) is 6.34. The van der Waals surface area contributed by atoms with Gasteiger partial charge in [0, 0.05) is 45.4 Å².